The van der Waals surface area contributed by atoms with E-state index in [2.05, 4.69) is 15.8 Å². The van der Waals surface area contributed by atoms with Gasteiger partial charge >= 0.3 is 0 Å². The number of hydrogen-bond acceptors (Lipinski definition) is 7. The minimum Gasteiger partial charge on any atom is -0.505 e. The molecule has 4 rings (SSSR count). The molecule has 0 atom stereocenters. The fourth-order valence-electron chi connectivity index (χ4n) is 3.28. The minimum absolute atomic E-state index is 0.0593. The van der Waals surface area contributed by atoms with Gasteiger partial charge in [0.1, 0.15) is 18.1 Å². The molecule has 0 saturated carbocycles. The Bertz CT molecular complexity index is 1190. The van der Waals surface area contributed by atoms with Crippen molar-refractivity contribution in [1.29, 1.82) is 0 Å². The molecule has 2 aromatic rings. The van der Waals surface area contributed by atoms with Gasteiger partial charge in [0.25, 0.3) is 10.0 Å². The number of amidine groups is 1. The van der Waals surface area contributed by atoms with Crippen LogP contribution in [0.5, 0.6) is 0 Å². The number of allylic oxidation sites excluding steroid dienone is 1. The lowest BCUT2D eigenvalue weighted by Gasteiger charge is -2.31. The van der Waals surface area contributed by atoms with Crippen LogP contribution < -0.4 is 10.7 Å². The van der Waals surface area contributed by atoms with Gasteiger partial charge in [0.2, 0.25) is 11.7 Å². The number of aliphatic hydroxyl groups is 1. The lowest BCUT2D eigenvalue weighted by Crippen LogP contribution is -2.46. The lowest BCUT2D eigenvalue weighted by atomic mass is 10.0. The van der Waals surface area contributed by atoms with Crippen molar-refractivity contribution in [2.45, 2.75) is 11.3 Å². The van der Waals surface area contributed by atoms with Crippen LogP contribution in [-0.4, -0.2) is 48.4 Å². The van der Waals surface area contributed by atoms with Gasteiger partial charge in [0.05, 0.1) is 4.90 Å². The standard InChI is InChI=1S/C20H18N4O5S/c25-17(22-16-10-11-21-23-16)12-24-18(19(26)13-6-2-1-3-7-13)20(27)14-8-4-5-9-15(14)30(24,28)29/h1-9,21,26H,10-12H2,(H,22,23,25)/b19-18+. The van der Waals surface area contributed by atoms with Gasteiger partial charge in [-0.2, -0.15) is 5.10 Å². The number of rotatable bonds is 3. The second-order valence-electron chi connectivity index (χ2n) is 6.66. The van der Waals surface area contributed by atoms with Crippen LogP contribution in [0.2, 0.25) is 0 Å². The number of ketones is 1. The van der Waals surface area contributed by atoms with E-state index < -0.39 is 39.7 Å². The molecule has 0 aromatic heterocycles. The first-order valence-electron chi connectivity index (χ1n) is 9.14. The molecule has 30 heavy (non-hydrogen) atoms. The van der Waals surface area contributed by atoms with Crippen LogP contribution in [0.15, 0.2) is 70.3 Å². The third-order valence-corrected chi connectivity index (χ3v) is 6.50. The second-order valence-corrected chi connectivity index (χ2v) is 8.50. The predicted molar refractivity (Wildman–Crippen MR) is 109 cm³/mol. The summed E-state index contributed by atoms with van der Waals surface area (Å²) >= 11 is 0. The molecule has 2 aromatic carbocycles. The summed E-state index contributed by atoms with van der Waals surface area (Å²) in [6.45, 7) is -0.128. The zero-order valence-electron chi connectivity index (χ0n) is 15.7. The molecule has 2 aliphatic rings. The Morgan fingerprint density at radius 3 is 2.53 bits per heavy atom. The second kappa shape index (κ2) is 7.64. The monoisotopic (exact) mass is 426 g/mol. The van der Waals surface area contributed by atoms with E-state index in [1.54, 1.807) is 30.3 Å². The number of hydrazone groups is 1. The summed E-state index contributed by atoms with van der Waals surface area (Å²) in [4.78, 5) is 25.5. The van der Waals surface area contributed by atoms with Crippen molar-refractivity contribution in [3.63, 3.8) is 0 Å². The van der Waals surface area contributed by atoms with Crippen LogP contribution in [0, 0.1) is 0 Å². The zero-order valence-corrected chi connectivity index (χ0v) is 16.5. The van der Waals surface area contributed by atoms with Crippen LogP contribution in [0.25, 0.3) is 5.76 Å². The maximum Gasteiger partial charge on any atom is 0.265 e. The predicted octanol–water partition coefficient (Wildman–Crippen LogP) is 1.22. The van der Waals surface area contributed by atoms with Crippen molar-refractivity contribution in [1.82, 2.24) is 15.0 Å². The summed E-state index contributed by atoms with van der Waals surface area (Å²) in [5.41, 5.74) is 2.43. The number of amides is 1. The largest absolute Gasteiger partial charge is 0.505 e. The van der Waals surface area contributed by atoms with E-state index in [1.807, 2.05) is 0 Å². The molecule has 0 spiro atoms. The number of sulfonamides is 1. The van der Waals surface area contributed by atoms with E-state index in [9.17, 15) is 23.1 Å². The van der Waals surface area contributed by atoms with Gasteiger partial charge in [-0.25, -0.2) is 12.7 Å². The number of benzene rings is 2. The Balaban J connectivity index is 1.82. The topological polar surface area (TPSA) is 128 Å². The zero-order chi connectivity index (χ0) is 21.3. The van der Waals surface area contributed by atoms with E-state index in [4.69, 9.17) is 0 Å². The molecule has 0 bridgehead atoms. The van der Waals surface area contributed by atoms with E-state index in [1.165, 1.54) is 24.3 Å². The number of Topliss-reactive ketones (excluding diaryl/α,β-unsaturated/α-hetero) is 1. The minimum atomic E-state index is -4.27. The van der Waals surface area contributed by atoms with E-state index >= 15 is 0 Å². The molecule has 0 unspecified atom stereocenters. The molecule has 9 nitrogen and oxygen atoms in total. The molecule has 2 aliphatic heterocycles. The van der Waals surface area contributed by atoms with Crippen LogP contribution in [0.1, 0.15) is 22.3 Å². The molecule has 1 amide bonds. The maximum atomic E-state index is 13.3. The Morgan fingerprint density at radius 2 is 1.83 bits per heavy atom. The first-order chi connectivity index (χ1) is 14.4. The Hall–Kier alpha value is -3.66. The van der Waals surface area contributed by atoms with Crippen molar-refractivity contribution in [2.75, 3.05) is 13.1 Å². The number of aliphatic hydroxyl groups excluding tert-OH is 1. The molecule has 0 aliphatic carbocycles. The van der Waals surface area contributed by atoms with Gasteiger partial charge in [-0.05, 0) is 12.1 Å². The number of nitrogens with one attached hydrogen (secondary N) is 2. The Labute approximate surface area is 172 Å². The number of carbonyl (C=O) groups excluding carboxylic acids is 2. The van der Waals surface area contributed by atoms with Crippen molar-refractivity contribution < 1.29 is 23.1 Å². The highest BCUT2D eigenvalue weighted by Gasteiger charge is 2.42. The fraction of sp³-hybridized carbons (Fsp3) is 0.150. The number of nitrogens with zero attached hydrogens (tertiary/aromatic N) is 2. The van der Waals surface area contributed by atoms with E-state index in [0.717, 1.165) is 0 Å². The Morgan fingerprint density at radius 1 is 1.13 bits per heavy atom. The van der Waals surface area contributed by atoms with E-state index in [0.29, 0.717) is 23.1 Å². The van der Waals surface area contributed by atoms with Gasteiger partial charge < -0.3 is 15.8 Å². The third kappa shape index (κ3) is 3.41. The molecule has 3 N–H and O–H groups in total. The van der Waals surface area contributed by atoms with Gasteiger partial charge in [-0.15, -0.1) is 0 Å². The lowest BCUT2D eigenvalue weighted by molar-refractivity contribution is -0.119. The summed E-state index contributed by atoms with van der Waals surface area (Å²) in [5.74, 6) is -1.51. The highest BCUT2D eigenvalue weighted by atomic mass is 32.2. The summed E-state index contributed by atoms with van der Waals surface area (Å²) in [6, 6.07) is 13.8. The van der Waals surface area contributed by atoms with Gasteiger partial charge in [-0.3, -0.25) is 9.59 Å². The van der Waals surface area contributed by atoms with Gasteiger partial charge in [0, 0.05) is 24.1 Å². The summed E-state index contributed by atoms with van der Waals surface area (Å²) < 4.78 is 27.2. The molecular weight excluding hydrogens is 408 g/mol. The van der Waals surface area contributed by atoms with Crippen molar-refractivity contribution in [3.8, 4) is 0 Å². The molecule has 10 heteroatoms. The van der Waals surface area contributed by atoms with Gasteiger partial charge in [-0.1, -0.05) is 42.5 Å². The quantitative estimate of drug-likeness (QED) is 0.500. The SMILES string of the molecule is O=C(CN1/C(=C(/O)c2ccccc2)C(=O)c2ccccc2S1(=O)=O)NC1=NNCC1. The van der Waals surface area contributed by atoms with E-state index in [-0.39, 0.29) is 16.0 Å². The first kappa shape index (κ1) is 19.6. The smallest absolute Gasteiger partial charge is 0.265 e. The summed E-state index contributed by atoms with van der Waals surface area (Å²) in [6.07, 6.45) is 0.484. The van der Waals surface area contributed by atoms with Crippen LogP contribution in [-0.2, 0) is 14.8 Å². The molecule has 2 heterocycles. The van der Waals surface area contributed by atoms with Crippen molar-refractivity contribution in [2.24, 2.45) is 5.10 Å². The summed E-state index contributed by atoms with van der Waals surface area (Å²) in [5, 5.41) is 17.3. The molecule has 0 radical (unpaired) electrons. The highest BCUT2D eigenvalue weighted by Crippen LogP contribution is 2.35. The average molecular weight is 426 g/mol. The highest BCUT2D eigenvalue weighted by molar-refractivity contribution is 7.89. The third-order valence-electron chi connectivity index (χ3n) is 4.69. The molecule has 0 saturated heterocycles. The maximum absolute atomic E-state index is 13.3. The molecule has 0 fully saturated rings. The molecular formula is C20H18N4O5S. The number of carbonyl (C=O) groups is 2. The Kier molecular flexibility index (Phi) is 5.00. The normalized spacial score (nSPS) is 18.9. The van der Waals surface area contributed by atoms with Crippen LogP contribution in [0.4, 0.5) is 0 Å². The summed E-state index contributed by atoms with van der Waals surface area (Å²) in [7, 11) is -4.27. The van der Waals surface area contributed by atoms with Crippen LogP contribution >= 0.6 is 0 Å². The molecule has 154 valence electrons. The van der Waals surface area contributed by atoms with Crippen molar-refractivity contribution >= 4 is 33.3 Å². The fourth-order valence-corrected chi connectivity index (χ4v) is 4.91. The van der Waals surface area contributed by atoms with Crippen molar-refractivity contribution in [3.05, 3.63) is 71.4 Å². The van der Waals surface area contributed by atoms with Gasteiger partial charge in [0.15, 0.2) is 5.76 Å². The average Bonchev–Trinajstić information content (AvgIpc) is 3.25. The number of fused-ring (bicyclic) bond motifs is 1. The first-order valence-corrected chi connectivity index (χ1v) is 10.6. The number of hydrogen-bond donors (Lipinski definition) is 3. The van der Waals surface area contributed by atoms with Crippen LogP contribution in [0.3, 0.4) is 0 Å².